The number of hydrogen-bond acceptors (Lipinski definition) is 5. The Kier molecular flexibility index (Phi) is 5.17. The fraction of sp³-hybridized carbons (Fsp3) is 0. The molecule has 3 aromatic heterocycles. The summed E-state index contributed by atoms with van der Waals surface area (Å²) in [6, 6.07) is 18.9. The van der Waals surface area contributed by atoms with Gasteiger partial charge in [0.25, 0.3) is 15.9 Å². The number of carbonyl (C=O) groups is 1. The summed E-state index contributed by atoms with van der Waals surface area (Å²) in [5.41, 5.74) is 7.94. The fourth-order valence-electron chi connectivity index (χ4n) is 3.78. The summed E-state index contributed by atoms with van der Waals surface area (Å²) in [5, 5.41) is 4.84. The van der Waals surface area contributed by atoms with E-state index in [1.54, 1.807) is 29.6 Å². The molecule has 0 bridgehead atoms. The van der Waals surface area contributed by atoms with Crippen molar-refractivity contribution in [3.63, 3.8) is 0 Å². The standard InChI is InChI=1S/C23H15ClN2O3S3/c24-14-7-9-15(10-8-14)32(28,29)26-18-5-2-1-4-16(18)20(21(26)19-6-3-12-30-19)17-11-13-31-22(17)23(25)27/h1-13H,(H2,25,27). The number of halogens is 1. The Hall–Kier alpha value is -2.91. The van der Waals surface area contributed by atoms with Crippen molar-refractivity contribution in [1.82, 2.24) is 3.97 Å². The van der Waals surface area contributed by atoms with Crippen molar-refractivity contribution in [2.24, 2.45) is 5.73 Å². The van der Waals surface area contributed by atoms with E-state index in [9.17, 15) is 13.2 Å². The lowest BCUT2D eigenvalue weighted by Crippen LogP contribution is -2.14. The van der Waals surface area contributed by atoms with Gasteiger partial charge in [0.05, 0.1) is 25.9 Å². The Morgan fingerprint density at radius 2 is 1.66 bits per heavy atom. The number of aromatic nitrogens is 1. The molecule has 2 N–H and O–H groups in total. The molecule has 2 aromatic carbocycles. The van der Waals surface area contributed by atoms with E-state index in [1.807, 2.05) is 35.7 Å². The van der Waals surface area contributed by atoms with Gasteiger partial charge in [-0.05, 0) is 53.2 Å². The predicted molar refractivity (Wildman–Crippen MR) is 131 cm³/mol. The molecule has 0 radical (unpaired) electrons. The van der Waals surface area contributed by atoms with Crippen LogP contribution in [0.15, 0.2) is 82.4 Å². The first-order valence-electron chi connectivity index (χ1n) is 9.45. The topological polar surface area (TPSA) is 82.2 Å². The van der Waals surface area contributed by atoms with E-state index in [1.165, 1.54) is 38.8 Å². The van der Waals surface area contributed by atoms with Crippen molar-refractivity contribution < 1.29 is 13.2 Å². The van der Waals surface area contributed by atoms with Gasteiger partial charge in [-0.1, -0.05) is 35.9 Å². The number of fused-ring (bicyclic) bond motifs is 1. The van der Waals surface area contributed by atoms with Crippen molar-refractivity contribution in [3.05, 3.63) is 87.4 Å². The predicted octanol–water partition coefficient (Wildman–Crippen LogP) is 6.09. The molecule has 9 heteroatoms. The van der Waals surface area contributed by atoms with Crippen LogP contribution in [0.25, 0.3) is 32.6 Å². The number of para-hydroxylation sites is 1. The van der Waals surface area contributed by atoms with E-state index < -0.39 is 15.9 Å². The molecule has 160 valence electrons. The highest BCUT2D eigenvalue weighted by molar-refractivity contribution is 7.90. The van der Waals surface area contributed by atoms with E-state index in [-0.39, 0.29) is 4.90 Å². The molecular weight excluding hydrogens is 484 g/mol. The Balaban J connectivity index is 1.95. The van der Waals surface area contributed by atoms with E-state index in [4.69, 9.17) is 17.3 Å². The maximum Gasteiger partial charge on any atom is 0.268 e. The number of benzene rings is 2. The van der Waals surface area contributed by atoms with Crippen LogP contribution in [0.2, 0.25) is 5.02 Å². The lowest BCUT2D eigenvalue weighted by molar-refractivity contribution is 0.100. The van der Waals surface area contributed by atoms with E-state index >= 15 is 0 Å². The third-order valence-corrected chi connectivity index (χ3v) is 8.88. The minimum Gasteiger partial charge on any atom is -0.365 e. The number of nitrogens with two attached hydrogens (primary N) is 1. The third kappa shape index (κ3) is 3.27. The Bertz CT molecular complexity index is 1560. The van der Waals surface area contributed by atoms with Gasteiger partial charge < -0.3 is 5.73 Å². The molecule has 5 nitrogen and oxygen atoms in total. The van der Waals surface area contributed by atoms with Crippen LogP contribution in [-0.4, -0.2) is 18.3 Å². The number of nitrogens with zero attached hydrogens (tertiary/aromatic N) is 1. The number of carbonyl (C=O) groups excluding carboxylic acids is 1. The van der Waals surface area contributed by atoms with E-state index in [0.29, 0.717) is 37.6 Å². The maximum absolute atomic E-state index is 13.9. The highest BCUT2D eigenvalue weighted by Crippen LogP contribution is 2.46. The molecule has 32 heavy (non-hydrogen) atoms. The molecule has 1 amide bonds. The number of thiophene rings is 2. The normalized spacial score (nSPS) is 11.8. The average molecular weight is 499 g/mol. The molecule has 5 rings (SSSR count). The molecule has 0 aliphatic carbocycles. The van der Waals surface area contributed by atoms with E-state index in [2.05, 4.69) is 0 Å². The maximum atomic E-state index is 13.9. The van der Waals surface area contributed by atoms with Crippen molar-refractivity contribution in [3.8, 4) is 21.7 Å². The molecule has 0 fully saturated rings. The highest BCUT2D eigenvalue weighted by Gasteiger charge is 2.30. The average Bonchev–Trinajstić information content (AvgIpc) is 3.51. The molecule has 0 aliphatic rings. The summed E-state index contributed by atoms with van der Waals surface area (Å²) in [6.07, 6.45) is 0. The summed E-state index contributed by atoms with van der Waals surface area (Å²) in [4.78, 5) is 13.4. The first-order chi connectivity index (χ1) is 15.4. The summed E-state index contributed by atoms with van der Waals surface area (Å²) >= 11 is 8.65. The zero-order valence-corrected chi connectivity index (χ0v) is 19.6. The van der Waals surface area contributed by atoms with Gasteiger partial charge in [0, 0.05) is 21.5 Å². The summed E-state index contributed by atoms with van der Waals surface area (Å²) in [7, 11) is -3.99. The molecule has 0 unspecified atom stereocenters. The van der Waals surface area contributed by atoms with Crippen LogP contribution >= 0.6 is 34.3 Å². The largest absolute Gasteiger partial charge is 0.365 e. The molecule has 0 spiro atoms. The van der Waals surface area contributed by atoms with Gasteiger partial charge in [-0.25, -0.2) is 12.4 Å². The zero-order chi connectivity index (χ0) is 22.5. The van der Waals surface area contributed by atoms with Crippen LogP contribution in [0, 0.1) is 0 Å². The van der Waals surface area contributed by atoms with Gasteiger partial charge >= 0.3 is 0 Å². The van der Waals surface area contributed by atoms with Crippen molar-refractivity contribution >= 4 is 61.1 Å². The zero-order valence-electron chi connectivity index (χ0n) is 16.4. The lowest BCUT2D eigenvalue weighted by Gasteiger charge is -2.13. The van der Waals surface area contributed by atoms with Gasteiger partial charge in [0.2, 0.25) is 0 Å². The minimum atomic E-state index is -3.99. The fourth-order valence-corrected chi connectivity index (χ4v) is 7.02. The van der Waals surface area contributed by atoms with Gasteiger partial charge in [-0.2, -0.15) is 0 Å². The van der Waals surface area contributed by atoms with Crippen LogP contribution < -0.4 is 5.73 Å². The Morgan fingerprint density at radius 3 is 2.34 bits per heavy atom. The van der Waals surface area contributed by atoms with Crippen LogP contribution in [0.4, 0.5) is 0 Å². The third-order valence-electron chi connectivity index (χ3n) is 5.10. The first kappa shape index (κ1) is 21.0. The molecule has 0 aliphatic heterocycles. The van der Waals surface area contributed by atoms with Gasteiger partial charge in [0.1, 0.15) is 0 Å². The van der Waals surface area contributed by atoms with Crippen LogP contribution in [0.3, 0.4) is 0 Å². The summed E-state index contributed by atoms with van der Waals surface area (Å²) in [6.45, 7) is 0. The van der Waals surface area contributed by atoms with E-state index in [0.717, 1.165) is 4.88 Å². The van der Waals surface area contributed by atoms with Crippen molar-refractivity contribution in [1.29, 1.82) is 0 Å². The van der Waals surface area contributed by atoms with Gasteiger partial charge in [-0.3, -0.25) is 4.79 Å². The number of primary amides is 1. The Labute approximate surface area is 197 Å². The highest BCUT2D eigenvalue weighted by atomic mass is 35.5. The number of rotatable bonds is 5. The number of hydrogen-bond donors (Lipinski definition) is 1. The second kappa shape index (κ2) is 7.90. The van der Waals surface area contributed by atoms with Crippen molar-refractivity contribution in [2.75, 3.05) is 0 Å². The molecule has 0 saturated carbocycles. The van der Waals surface area contributed by atoms with Crippen LogP contribution in [0.5, 0.6) is 0 Å². The molecule has 5 aromatic rings. The van der Waals surface area contributed by atoms with Crippen LogP contribution in [-0.2, 0) is 10.0 Å². The molecular formula is C23H15ClN2O3S3. The Morgan fingerprint density at radius 1 is 0.906 bits per heavy atom. The second-order valence-electron chi connectivity index (χ2n) is 6.97. The summed E-state index contributed by atoms with van der Waals surface area (Å²) in [5.74, 6) is -0.551. The monoisotopic (exact) mass is 498 g/mol. The van der Waals surface area contributed by atoms with Gasteiger partial charge in [-0.15, -0.1) is 22.7 Å². The number of amides is 1. The van der Waals surface area contributed by atoms with Crippen LogP contribution in [0.1, 0.15) is 9.67 Å². The second-order valence-corrected chi connectivity index (χ2v) is 11.1. The summed E-state index contributed by atoms with van der Waals surface area (Å²) < 4.78 is 29.2. The van der Waals surface area contributed by atoms with Crippen molar-refractivity contribution in [2.45, 2.75) is 4.90 Å². The minimum absolute atomic E-state index is 0.118. The SMILES string of the molecule is NC(=O)c1sccc1-c1c(-c2cccs2)n(S(=O)(=O)c2ccc(Cl)cc2)c2ccccc12. The first-order valence-corrected chi connectivity index (χ1v) is 13.0. The molecule has 0 atom stereocenters. The van der Waals surface area contributed by atoms with Gasteiger partial charge in [0.15, 0.2) is 0 Å². The lowest BCUT2D eigenvalue weighted by atomic mass is 10.0. The quantitative estimate of drug-likeness (QED) is 0.318. The smallest absolute Gasteiger partial charge is 0.268 e. The molecule has 0 saturated heterocycles. The molecule has 3 heterocycles.